The molecule has 1 amide bonds. The zero-order chi connectivity index (χ0) is 20.4. The summed E-state index contributed by atoms with van der Waals surface area (Å²) in [5, 5.41) is 20.5. The molecular weight excluding hydrogens is 368 g/mol. The summed E-state index contributed by atoms with van der Waals surface area (Å²) in [6.07, 6.45) is 0.499. The Hall–Kier alpha value is -2.20. The van der Waals surface area contributed by atoms with Gasteiger partial charge in [-0.1, -0.05) is 20.8 Å². The minimum atomic E-state index is -0.962. The third kappa shape index (κ3) is 5.39. The topological polar surface area (TPSA) is 109 Å². The molecule has 2 heterocycles. The fraction of sp³-hybridized carbons (Fsp3) is 0.647. The van der Waals surface area contributed by atoms with Crippen molar-refractivity contribution < 1.29 is 19.3 Å². The van der Waals surface area contributed by atoms with Gasteiger partial charge in [-0.05, 0) is 34.9 Å². The number of pyridine rings is 1. The molecular formula is C17H28N4O5Si. The van der Waals surface area contributed by atoms with Gasteiger partial charge < -0.3 is 24.5 Å². The summed E-state index contributed by atoms with van der Waals surface area (Å²) in [4.78, 5) is 29.3. The van der Waals surface area contributed by atoms with Crippen LogP contribution in [0, 0.1) is 10.1 Å². The van der Waals surface area contributed by atoms with E-state index in [9.17, 15) is 20.0 Å². The number of piperazine rings is 1. The monoisotopic (exact) mass is 396 g/mol. The molecule has 0 saturated carbocycles. The molecule has 0 aliphatic carbocycles. The van der Waals surface area contributed by atoms with E-state index in [0.717, 1.165) is 5.69 Å². The highest BCUT2D eigenvalue weighted by Crippen LogP contribution is 2.30. The minimum Gasteiger partial charge on any atom is -0.465 e. The van der Waals surface area contributed by atoms with Gasteiger partial charge in [0.2, 0.25) is 0 Å². The Morgan fingerprint density at radius 1 is 1.33 bits per heavy atom. The number of rotatable bonds is 5. The van der Waals surface area contributed by atoms with Crippen LogP contribution in [-0.2, 0) is 4.43 Å². The van der Waals surface area contributed by atoms with E-state index in [1.54, 1.807) is 6.07 Å². The van der Waals surface area contributed by atoms with Gasteiger partial charge in [0.1, 0.15) is 0 Å². The highest BCUT2D eigenvalue weighted by Gasteiger charge is 2.42. The molecule has 1 aromatic rings. The highest BCUT2D eigenvalue weighted by atomic mass is 28.2. The van der Waals surface area contributed by atoms with E-state index in [-0.39, 0.29) is 16.9 Å². The number of nitro groups is 1. The maximum absolute atomic E-state index is 11.8. The molecule has 9 nitrogen and oxygen atoms in total. The van der Waals surface area contributed by atoms with Crippen LogP contribution in [0.5, 0.6) is 0 Å². The van der Waals surface area contributed by atoms with Gasteiger partial charge in [0.25, 0.3) is 0 Å². The van der Waals surface area contributed by atoms with Gasteiger partial charge in [-0.25, -0.2) is 4.79 Å². The third-order valence-electron chi connectivity index (χ3n) is 4.59. The van der Waals surface area contributed by atoms with Crippen molar-refractivity contribution in [2.75, 3.05) is 24.5 Å². The Bertz CT molecular complexity index is 690. The first kappa shape index (κ1) is 21.1. The second kappa shape index (κ2) is 7.81. The standard InChI is InChI=1S/C17H28N4O5Si/c1-16(2,3)27-26-17(4,5)13-11-19(8-9-20(13)15(22)23)12-6-7-14(18-10-12)21(24)25/h6-7,10,13H,8-9,11,27H2,1-5H3,(H,22,23)/t13-/m1/s1. The first-order chi connectivity index (χ1) is 12.4. The maximum atomic E-state index is 11.8. The summed E-state index contributed by atoms with van der Waals surface area (Å²) >= 11 is 0. The number of anilines is 1. The molecule has 1 saturated heterocycles. The van der Waals surface area contributed by atoms with Gasteiger partial charge in [-0.3, -0.25) is 4.90 Å². The molecule has 1 fully saturated rings. The molecule has 1 atom stereocenters. The van der Waals surface area contributed by atoms with E-state index in [1.807, 2.05) is 18.7 Å². The summed E-state index contributed by atoms with van der Waals surface area (Å²) < 4.78 is 6.25. The van der Waals surface area contributed by atoms with Gasteiger partial charge in [0, 0.05) is 25.7 Å². The molecule has 1 aromatic heterocycles. The van der Waals surface area contributed by atoms with E-state index in [0.29, 0.717) is 19.6 Å². The van der Waals surface area contributed by atoms with E-state index >= 15 is 0 Å². The molecule has 150 valence electrons. The molecule has 0 spiro atoms. The minimum absolute atomic E-state index is 0.0992. The number of aromatic nitrogens is 1. The second-order valence-electron chi connectivity index (χ2n) is 8.52. The Balaban J connectivity index is 2.21. The van der Waals surface area contributed by atoms with Crippen molar-refractivity contribution in [3.63, 3.8) is 0 Å². The van der Waals surface area contributed by atoms with Crippen LogP contribution in [0.2, 0.25) is 5.04 Å². The van der Waals surface area contributed by atoms with E-state index in [1.165, 1.54) is 17.2 Å². The molecule has 2 rings (SSSR count). The van der Waals surface area contributed by atoms with Crippen molar-refractivity contribution in [2.45, 2.75) is 51.3 Å². The van der Waals surface area contributed by atoms with Crippen LogP contribution in [0.25, 0.3) is 0 Å². The predicted octanol–water partition coefficient (Wildman–Crippen LogP) is 2.26. The van der Waals surface area contributed by atoms with Crippen molar-refractivity contribution >= 4 is 27.4 Å². The number of nitrogens with zero attached hydrogens (tertiary/aromatic N) is 4. The maximum Gasteiger partial charge on any atom is 0.407 e. The molecule has 0 radical (unpaired) electrons. The largest absolute Gasteiger partial charge is 0.465 e. The van der Waals surface area contributed by atoms with Gasteiger partial charge in [0.05, 0.1) is 17.3 Å². The molecule has 0 aromatic carbocycles. The Morgan fingerprint density at radius 3 is 2.48 bits per heavy atom. The molecule has 1 aliphatic rings. The molecule has 0 unspecified atom stereocenters. The van der Waals surface area contributed by atoms with Gasteiger partial charge in [0.15, 0.2) is 16.0 Å². The summed E-state index contributed by atoms with van der Waals surface area (Å²) in [7, 11) is -0.866. The Kier molecular flexibility index (Phi) is 6.10. The van der Waals surface area contributed by atoms with Gasteiger partial charge in [-0.2, -0.15) is 0 Å². The van der Waals surface area contributed by atoms with Crippen LogP contribution in [0.4, 0.5) is 16.3 Å². The lowest BCUT2D eigenvalue weighted by molar-refractivity contribution is -0.389. The summed E-state index contributed by atoms with van der Waals surface area (Å²) in [5.74, 6) is -0.209. The van der Waals surface area contributed by atoms with Crippen LogP contribution in [0.1, 0.15) is 34.6 Å². The van der Waals surface area contributed by atoms with Gasteiger partial charge >= 0.3 is 11.9 Å². The van der Waals surface area contributed by atoms with Crippen molar-refractivity contribution in [2.24, 2.45) is 0 Å². The number of hydrogen-bond donors (Lipinski definition) is 1. The Labute approximate surface area is 161 Å². The average molecular weight is 397 g/mol. The normalized spacial score (nSPS) is 18.9. The lowest BCUT2D eigenvalue weighted by Crippen LogP contribution is -2.63. The molecule has 1 aliphatic heterocycles. The number of amides is 1. The highest BCUT2D eigenvalue weighted by molar-refractivity contribution is 6.31. The smallest absolute Gasteiger partial charge is 0.407 e. The first-order valence-electron chi connectivity index (χ1n) is 8.90. The fourth-order valence-electron chi connectivity index (χ4n) is 3.01. The van der Waals surface area contributed by atoms with Gasteiger partial charge in [-0.15, -0.1) is 0 Å². The van der Waals surface area contributed by atoms with Crippen LogP contribution in [0.3, 0.4) is 0 Å². The predicted molar refractivity (Wildman–Crippen MR) is 105 cm³/mol. The van der Waals surface area contributed by atoms with Crippen LogP contribution >= 0.6 is 0 Å². The quantitative estimate of drug-likeness (QED) is 0.462. The van der Waals surface area contributed by atoms with Crippen LogP contribution < -0.4 is 4.90 Å². The Morgan fingerprint density at radius 2 is 2.00 bits per heavy atom. The second-order valence-corrected chi connectivity index (χ2v) is 11.2. The van der Waals surface area contributed by atoms with E-state index < -0.39 is 26.4 Å². The SMILES string of the molecule is CC(C)(C)[SiH2]OC(C)(C)[C@H]1CN(c2ccc([N+](=O)[O-])nc2)CCN1C(=O)O. The summed E-state index contributed by atoms with van der Waals surface area (Å²) in [6, 6.07) is 2.66. The first-order valence-corrected chi connectivity index (χ1v) is 10.2. The number of hydrogen-bond acceptors (Lipinski definition) is 6. The summed E-state index contributed by atoms with van der Waals surface area (Å²) in [6.45, 7) is 11.5. The van der Waals surface area contributed by atoms with Crippen LogP contribution in [0.15, 0.2) is 18.3 Å². The number of carbonyl (C=O) groups is 1. The van der Waals surface area contributed by atoms with E-state index in [4.69, 9.17) is 4.43 Å². The average Bonchev–Trinajstić information content (AvgIpc) is 2.59. The zero-order valence-corrected chi connectivity index (χ0v) is 17.9. The van der Waals surface area contributed by atoms with Crippen molar-refractivity contribution in [1.29, 1.82) is 0 Å². The molecule has 27 heavy (non-hydrogen) atoms. The third-order valence-corrected chi connectivity index (χ3v) is 6.34. The van der Waals surface area contributed by atoms with Crippen molar-refractivity contribution in [3.8, 4) is 0 Å². The number of carboxylic acid groups (broad SMARTS) is 1. The fourth-order valence-corrected chi connectivity index (χ4v) is 4.01. The van der Waals surface area contributed by atoms with Crippen molar-refractivity contribution in [1.82, 2.24) is 9.88 Å². The van der Waals surface area contributed by atoms with Crippen LogP contribution in [-0.4, -0.2) is 67.0 Å². The lowest BCUT2D eigenvalue weighted by atomic mass is 9.95. The molecule has 10 heteroatoms. The lowest BCUT2D eigenvalue weighted by Gasteiger charge is -2.48. The molecule has 0 bridgehead atoms. The zero-order valence-electron chi connectivity index (χ0n) is 16.5. The van der Waals surface area contributed by atoms with Crippen molar-refractivity contribution in [3.05, 3.63) is 28.4 Å². The molecule has 1 N–H and O–H groups in total. The summed E-state index contributed by atoms with van der Waals surface area (Å²) in [5.41, 5.74) is 0.101. The van der Waals surface area contributed by atoms with E-state index in [2.05, 4.69) is 25.8 Å².